The first kappa shape index (κ1) is 25.6. The molecule has 0 fully saturated rings. The monoisotopic (exact) mass is 521 g/mol. The molecule has 0 aliphatic heterocycles. The zero-order valence-corrected chi connectivity index (χ0v) is 22.4. The predicted octanol–water partition coefficient (Wildman–Crippen LogP) is 7.24. The summed E-state index contributed by atoms with van der Waals surface area (Å²) < 4.78 is 0. The van der Waals surface area contributed by atoms with Crippen molar-refractivity contribution in [1.82, 2.24) is 9.97 Å². The molecule has 0 radical (unpaired) electrons. The maximum atomic E-state index is 13.6. The van der Waals surface area contributed by atoms with Crippen LogP contribution in [0.4, 0.5) is 5.13 Å². The van der Waals surface area contributed by atoms with Gasteiger partial charge in [-0.15, -0.1) is 11.3 Å². The Labute approximate surface area is 227 Å². The second-order valence-corrected chi connectivity index (χ2v) is 11.1. The fourth-order valence-electron chi connectivity index (χ4n) is 5.03. The summed E-state index contributed by atoms with van der Waals surface area (Å²) in [5.74, 6) is 0.287. The SMILES string of the molecule is CC(C)(C(=O)Nc1nc(CC2C=CC(c3ccncc3)=CC2)cs1)C(c1ccccc1)c1ccc(O)cc1. The minimum atomic E-state index is -0.773. The van der Waals surface area contributed by atoms with Crippen LogP contribution in [0.25, 0.3) is 5.57 Å². The summed E-state index contributed by atoms with van der Waals surface area (Å²) in [7, 11) is 0. The normalized spacial score (nSPS) is 16.1. The van der Waals surface area contributed by atoms with Gasteiger partial charge in [0.2, 0.25) is 5.91 Å². The third-order valence-corrected chi connectivity index (χ3v) is 7.92. The van der Waals surface area contributed by atoms with E-state index in [4.69, 9.17) is 4.98 Å². The Morgan fingerprint density at radius 2 is 1.76 bits per heavy atom. The summed E-state index contributed by atoms with van der Waals surface area (Å²) in [5, 5.41) is 15.5. The van der Waals surface area contributed by atoms with Crippen molar-refractivity contribution in [2.45, 2.75) is 32.6 Å². The summed E-state index contributed by atoms with van der Waals surface area (Å²) in [4.78, 5) is 22.5. The second-order valence-electron chi connectivity index (χ2n) is 10.2. The highest BCUT2D eigenvalue weighted by Crippen LogP contribution is 2.42. The Kier molecular flexibility index (Phi) is 7.52. The lowest BCUT2D eigenvalue weighted by atomic mass is 9.70. The minimum Gasteiger partial charge on any atom is -0.508 e. The smallest absolute Gasteiger partial charge is 0.232 e. The van der Waals surface area contributed by atoms with Gasteiger partial charge in [0.05, 0.1) is 11.1 Å². The summed E-state index contributed by atoms with van der Waals surface area (Å²) in [6, 6.07) is 21.2. The van der Waals surface area contributed by atoms with Gasteiger partial charge in [-0.2, -0.15) is 0 Å². The lowest BCUT2D eigenvalue weighted by Gasteiger charge is -2.33. The van der Waals surface area contributed by atoms with Crippen LogP contribution in [0.5, 0.6) is 5.75 Å². The molecule has 0 bridgehead atoms. The number of aromatic hydroxyl groups is 1. The summed E-state index contributed by atoms with van der Waals surface area (Å²) in [5.41, 5.74) is 4.62. The fourth-order valence-corrected chi connectivity index (χ4v) is 5.75. The fraction of sp³-hybridized carbons (Fsp3) is 0.219. The van der Waals surface area contributed by atoms with E-state index < -0.39 is 5.41 Å². The van der Waals surface area contributed by atoms with Crippen LogP contribution in [0.15, 0.2) is 103 Å². The highest BCUT2D eigenvalue weighted by molar-refractivity contribution is 7.13. The Hall–Kier alpha value is -4.03. The van der Waals surface area contributed by atoms with Gasteiger partial charge in [0, 0.05) is 23.7 Å². The Balaban J connectivity index is 1.27. The van der Waals surface area contributed by atoms with E-state index >= 15 is 0 Å². The van der Waals surface area contributed by atoms with E-state index in [-0.39, 0.29) is 17.6 Å². The number of pyridine rings is 1. The highest BCUT2D eigenvalue weighted by atomic mass is 32.1. The van der Waals surface area contributed by atoms with Crippen LogP contribution in [0, 0.1) is 11.3 Å². The molecule has 38 heavy (non-hydrogen) atoms. The van der Waals surface area contributed by atoms with Gasteiger partial charge in [-0.05, 0) is 65.3 Å². The van der Waals surface area contributed by atoms with E-state index in [9.17, 15) is 9.90 Å². The number of rotatable bonds is 8. The third kappa shape index (κ3) is 5.76. The number of carbonyl (C=O) groups is 1. The highest BCUT2D eigenvalue weighted by Gasteiger charge is 2.39. The Bertz CT molecular complexity index is 1440. The predicted molar refractivity (Wildman–Crippen MR) is 154 cm³/mol. The van der Waals surface area contributed by atoms with Crippen molar-refractivity contribution in [3.8, 4) is 5.75 Å². The van der Waals surface area contributed by atoms with Crippen LogP contribution in [0.1, 0.15) is 48.6 Å². The van der Waals surface area contributed by atoms with Gasteiger partial charge in [0.25, 0.3) is 0 Å². The van der Waals surface area contributed by atoms with Crippen molar-refractivity contribution in [2.24, 2.45) is 11.3 Å². The van der Waals surface area contributed by atoms with Crippen LogP contribution in [-0.2, 0) is 11.2 Å². The Morgan fingerprint density at radius 3 is 2.45 bits per heavy atom. The maximum absolute atomic E-state index is 13.6. The molecule has 0 spiro atoms. The van der Waals surface area contributed by atoms with Crippen molar-refractivity contribution in [1.29, 1.82) is 0 Å². The summed E-state index contributed by atoms with van der Waals surface area (Å²) in [6.45, 7) is 3.92. The molecule has 1 amide bonds. The van der Waals surface area contributed by atoms with E-state index in [2.05, 4.69) is 28.5 Å². The Morgan fingerprint density at radius 1 is 1.05 bits per heavy atom. The van der Waals surface area contributed by atoms with E-state index in [1.807, 2.05) is 86.2 Å². The average molecular weight is 522 g/mol. The number of nitrogens with one attached hydrogen (secondary N) is 1. The number of thiazole rings is 1. The van der Waals surface area contributed by atoms with E-state index in [1.54, 1.807) is 12.1 Å². The molecule has 5 nitrogen and oxygen atoms in total. The maximum Gasteiger partial charge on any atom is 0.232 e. The quantitative estimate of drug-likeness (QED) is 0.256. The van der Waals surface area contributed by atoms with E-state index in [0.29, 0.717) is 11.0 Å². The first-order chi connectivity index (χ1) is 18.4. The molecule has 5 rings (SSSR count). The molecule has 4 aromatic rings. The number of anilines is 1. The van der Waals surface area contributed by atoms with Crippen LogP contribution in [0.3, 0.4) is 0 Å². The molecular formula is C32H31N3O2S. The molecule has 2 aromatic heterocycles. The number of aromatic nitrogens is 2. The van der Waals surface area contributed by atoms with Crippen molar-refractivity contribution < 1.29 is 9.90 Å². The number of phenolic OH excluding ortho intramolecular Hbond substituents is 1. The molecule has 2 atom stereocenters. The van der Waals surface area contributed by atoms with E-state index in [1.165, 1.54) is 22.5 Å². The van der Waals surface area contributed by atoms with Crippen LogP contribution in [0.2, 0.25) is 0 Å². The lowest BCUT2D eigenvalue weighted by Crippen LogP contribution is -2.37. The van der Waals surface area contributed by atoms with Crippen LogP contribution >= 0.6 is 11.3 Å². The molecule has 2 aromatic carbocycles. The summed E-state index contributed by atoms with van der Waals surface area (Å²) >= 11 is 1.46. The third-order valence-electron chi connectivity index (χ3n) is 7.11. The number of allylic oxidation sites excluding steroid dienone is 4. The van der Waals surface area contributed by atoms with Crippen molar-refractivity contribution >= 4 is 27.9 Å². The number of benzene rings is 2. The van der Waals surface area contributed by atoms with Gasteiger partial charge in [-0.1, -0.05) is 74.5 Å². The van der Waals surface area contributed by atoms with Crippen LogP contribution in [-0.4, -0.2) is 21.0 Å². The standard InChI is InChI=1S/C32H31N3O2S/c1-32(2,29(25-6-4-3-5-7-25)26-12-14-28(36)15-13-26)30(37)35-31-34-27(21-38-31)20-22-8-10-23(11-9-22)24-16-18-33-19-17-24/h3-8,10-19,21-22,29,36H,9,20H2,1-2H3,(H,34,35,37). The number of amides is 1. The van der Waals surface area contributed by atoms with Gasteiger partial charge in [0.15, 0.2) is 5.13 Å². The average Bonchev–Trinajstić information content (AvgIpc) is 3.38. The number of carbonyl (C=O) groups excluding carboxylic acids is 1. The lowest BCUT2D eigenvalue weighted by molar-refractivity contribution is -0.124. The van der Waals surface area contributed by atoms with Gasteiger partial charge in [0.1, 0.15) is 5.75 Å². The molecule has 2 N–H and O–H groups in total. The molecule has 6 heteroatoms. The number of hydrogen-bond donors (Lipinski definition) is 2. The molecule has 0 saturated heterocycles. The molecule has 0 saturated carbocycles. The minimum absolute atomic E-state index is 0.0946. The van der Waals surface area contributed by atoms with Gasteiger partial charge < -0.3 is 10.4 Å². The van der Waals surface area contributed by atoms with Gasteiger partial charge >= 0.3 is 0 Å². The molecule has 192 valence electrons. The number of hydrogen-bond acceptors (Lipinski definition) is 5. The number of nitrogens with zero attached hydrogens (tertiary/aromatic N) is 2. The van der Waals surface area contributed by atoms with Crippen molar-refractivity contribution in [3.63, 3.8) is 0 Å². The second kappa shape index (κ2) is 11.2. The van der Waals surface area contributed by atoms with Crippen LogP contribution < -0.4 is 5.32 Å². The van der Waals surface area contributed by atoms with E-state index in [0.717, 1.165) is 29.7 Å². The zero-order valence-electron chi connectivity index (χ0n) is 21.5. The van der Waals surface area contributed by atoms with Gasteiger partial charge in [-0.3, -0.25) is 9.78 Å². The molecule has 2 heterocycles. The van der Waals surface area contributed by atoms with Crippen molar-refractivity contribution in [2.75, 3.05) is 5.32 Å². The molecule has 1 aliphatic carbocycles. The molecular weight excluding hydrogens is 490 g/mol. The first-order valence-corrected chi connectivity index (χ1v) is 13.7. The molecule has 1 aliphatic rings. The first-order valence-electron chi connectivity index (χ1n) is 12.8. The topological polar surface area (TPSA) is 75.1 Å². The number of phenols is 1. The van der Waals surface area contributed by atoms with Crippen molar-refractivity contribution in [3.05, 3.63) is 125 Å². The zero-order chi connectivity index (χ0) is 26.5. The summed E-state index contributed by atoms with van der Waals surface area (Å²) in [6.07, 6.45) is 12.1. The molecule has 2 unspecified atom stereocenters. The largest absolute Gasteiger partial charge is 0.508 e. The van der Waals surface area contributed by atoms with Gasteiger partial charge in [-0.25, -0.2) is 4.98 Å².